The van der Waals surface area contributed by atoms with Gasteiger partial charge in [-0.15, -0.1) is 0 Å². The quantitative estimate of drug-likeness (QED) is 0.525. The number of methoxy groups -OCH3 is 1. The van der Waals surface area contributed by atoms with Crippen molar-refractivity contribution in [3.63, 3.8) is 0 Å². The van der Waals surface area contributed by atoms with Gasteiger partial charge < -0.3 is 14.5 Å². The van der Waals surface area contributed by atoms with E-state index in [0.29, 0.717) is 6.61 Å². The molecule has 1 aromatic heterocycles. The number of benzene rings is 3. The zero-order valence-corrected chi connectivity index (χ0v) is 15.5. The van der Waals surface area contributed by atoms with E-state index >= 15 is 0 Å². The van der Waals surface area contributed by atoms with Crippen molar-refractivity contribution in [3.8, 4) is 11.5 Å². The van der Waals surface area contributed by atoms with Crippen molar-refractivity contribution >= 4 is 11.0 Å². The predicted molar refractivity (Wildman–Crippen MR) is 107 cm³/mol. The molecular weight excluding hydrogens is 336 g/mol. The van der Waals surface area contributed by atoms with Gasteiger partial charge in [0.25, 0.3) is 0 Å². The number of nitrogens with one attached hydrogen (secondary N) is 1. The van der Waals surface area contributed by atoms with Gasteiger partial charge in [0, 0.05) is 6.42 Å². The van der Waals surface area contributed by atoms with Crippen LogP contribution < -0.4 is 9.47 Å². The average molecular weight is 358 g/mol. The SMILES string of the molecule is COc1ccc(Cc2nc3c(OCc4ccccc4)ccc(C)c3[nH]2)cc1. The maximum absolute atomic E-state index is 6.06. The first kappa shape index (κ1) is 17.2. The smallest absolute Gasteiger partial charge is 0.147 e. The highest BCUT2D eigenvalue weighted by Gasteiger charge is 2.12. The van der Waals surface area contributed by atoms with Gasteiger partial charge in [0.1, 0.15) is 29.4 Å². The lowest BCUT2D eigenvalue weighted by molar-refractivity contribution is 0.309. The Labute approximate surface area is 158 Å². The van der Waals surface area contributed by atoms with E-state index in [0.717, 1.165) is 45.9 Å². The molecule has 0 radical (unpaired) electrons. The fraction of sp³-hybridized carbons (Fsp3) is 0.174. The number of aromatic nitrogens is 2. The summed E-state index contributed by atoms with van der Waals surface area (Å²) in [7, 11) is 1.67. The maximum atomic E-state index is 6.06. The van der Waals surface area contributed by atoms with Crippen LogP contribution in [0.15, 0.2) is 66.7 Å². The first-order chi connectivity index (χ1) is 13.2. The van der Waals surface area contributed by atoms with Crippen molar-refractivity contribution < 1.29 is 9.47 Å². The topological polar surface area (TPSA) is 47.1 Å². The predicted octanol–water partition coefficient (Wildman–Crippen LogP) is 5.05. The largest absolute Gasteiger partial charge is 0.497 e. The van der Waals surface area contributed by atoms with E-state index in [4.69, 9.17) is 14.5 Å². The molecular formula is C23H22N2O2. The number of aromatic amines is 1. The van der Waals surface area contributed by atoms with Crippen LogP contribution in [0.2, 0.25) is 0 Å². The van der Waals surface area contributed by atoms with Crippen molar-refractivity contribution in [2.24, 2.45) is 0 Å². The van der Waals surface area contributed by atoms with Gasteiger partial charge >= 0.3 is 0 Å². The lowest BCUT2D eigenvalue weighted by atomic mass is 10.1. The Morgan fingerprint density at radius 3 is 2.41 bits per heavy atom. The normalized spacial score (nSPS) is 10.9. The minimum Gasteiger partial charge on any atom is -0.497 e. The minimum atomic E-state index is 0.527. The molecule has 4 aromatic rings. The van der Waals surface area contributed by atoms with Gasteiger partial charge in [-0.05, 0) is 41.8 Å². The fourth-order valence-corrected chi connectivity index (χ4v) is 3.12. The highest BCUT2D eigenvalue weighted by atomic mass is 16.5. The molecule has 0 amide bonds. The van der Waals surface area contributed by atoms with Crippen LogP contribution in [0, 0.1) is 6.92 Å². The first-order valence-corrected chi connectivity index (χ1v) is 9.01. The summed E-state index contributed by atoms with van der Waals surface area (Å²) in [4.78, 5) is 8.27. The van der Waals surface area contributed by atoms with Crippen LogP contribution in [0.4, 0.5) is 0 Å². The number of aryl methyl sites for hydroxylation is 1. The molecule has 0 aliphatic rings. The van der Waals surface area contributed by atoms with Gasteiger partial charge in [0.2, 0.25) is 0 Å². The Balaban J connectivity index is 1.59. The molecule has 0 saturated carbocycles. The van der Waals surface area contributed by atoms with Crippen molar-refractivity contribution in [1.82, 2.24) is 9.97 Å². The number of imidazole rings is 1. The Hall–Kier alpha value is -3.27. The number of H-pyrrole nitrogens is 1. The van der Waals surface area contributed by atoms with Crippen LogP contribution in [-0.2, 0) is 13.0 Å². The van der Waals surface area contributed by atoms with E-state index in [1.165, 1.54) is 5.56 Å². The molecule has 1 N–H and O–H groups in total. The summed E-state index contributed by atoms with van der Waals surface area (Å²) >= 11 is 0. The Morgan fingerprint density at radius 1 is 0.889 bits per heavy atom. The van der Waals surface area contributed by atoms with Crippen molar-refractivity contribution in [2.75, 3.05) is 7.11 Å². The molecule has 0 saturated heterocycles. The zero-order chi connectivity index (χ0) is 18.6. The second-order valence-corrected chi connectivity index (χ2v) is 6.59. The molecule has 0 atom stereocenters. The molecule has 0 bridgehead atoms. The Morgan fingerprint density at radius 2 is 1.67 bits per heavy atom. The second kappa shape index (κ2) is 7.54. The number of ether oxygens (including phenoxy) is 2. The molecule has 0 unspecified atom stereocenters. The van der Waals surface area contributed by atoms with Crippen LogP contribution in [0.5, 0.6) is 11.5 Å². The monoisotopic (exact) mass is 358 g/mol. The third-order valence-electron chi connectivity index (χ3n) is 4.63. The molecule has 4 rings (SSSR count). The van der Waals surface area contributed by atoms with E-state index in [-0.39, 0.29) is 0 Å². The standard InChI is InChI=1S/C23H22N2O2/c1-16-8-13-20(27-15-18-6-4-3-5-7-18)23-22(16)24-21(25-23)14-17-9-11-19(26-2)12-10-17/h3-13H,14-15H2,1-2H3,(H,24,25). The van der Waals surface area contributed by atoms with Gasteiger partial charge in [-0.1, -0.05) is 48.5 Å². The molecule has 4 heteroatoms. The summed E-state index contributed by atoms with van der Waals surface area (Å²) in [5.41, 5.74) is 5.39. The summed E-state index contributed by atoms with van der Waals surface area (Å²) in [5, 5.41) is 0. The summed E-state index contributed by atoms with van der Waals surface area (Å²) in [6.45, 7) is 2.61. The summed E-state index contributed by atoms with van der Waals surface area (Å²) in [6, 6.07) is 22.3. The van der Waals surface area contributed by atoms with Crippen LogP contribution in [0.1, 0.15) is 22.5 Å². The third-order valence-corrected chi connectivity index (χ3v) is 4.63. The highest BCUT2D eigenvalue weighted by Crippen LogP contribution is 2.28. The van der Waals surface area contributed by atoms with E-state index < -0.39 is 0 Å². The van der Waals surface area contributed by atoms with Crippen molar-refractivity contribution in [1.29, 1.82) is 0 Å². The second-order valence-electron chi connectivity index (χ2n) is 6.59. The molecule has 0 fully saturated rings. The van der Waals surface area contributed by atoms with Crippen LogP contribution in [0.3, 0.4) is 0 Å². The lowest BCUT2D eigenvalue weighted by Crippen LogP contribution is -1.96. The number of nitrogens with zero attached hydrogens (tertiary/aromatic N) is 1. The van der Waals surface area contributed by atoms with E-state index in [1.807, 2.05) is 36.4 Å². The number of fused-ring (bicyclic) bond motifs is 1. The molecule has 0 spiro atoms. The number of hydrogen-bond acceptors (Lipinski definition) is 3. The average Bonchev–Trinajstić information content (AvgIpc) is 3.13. The number of rotatable bonds is 6. The number of hydrogen-bond donors (Lipinski definition) is 1. The zero-order valence-electron chi connectivity index (χ0n) is 15.5. The molecule has 0 aliphatic carbocycles. The van der Waals surface area contributed by atoms with E-state index in [9.17, 15) is 0 Å². The molecule has 0 aliphatic heterocycles. The van der Waals surface area contributed by atoms with Gasteiger partial charge in [-0.25, -0.2) is 4.98 Å². The third kappa shape index (κ3) is 3.80. The lowest BCUT2D eigenvalue weighted by Gasteiger charge is -2.07. The molecule has 27 heavy (non-hydrogen) atoms. The molecule has 1 heterocycles. The van der Waals surface area contributed by atoms with Gasteiger partial charge in [-0.2, -0.15) is 0 Å². The van der Waals surface area contributed by atoms with Crippen LogP contribution >= 0.6 is 0 Å². The minimum absolute atomic E-state index is 0.527. The van der Waals surface area contributed by atoms with Crippen molar-refractivity contribution in [2.45, 2.75) is 20.0 Å². The van der Waals surface area contributed by atoms with Gasteiger partial charge in [-0.3, -0.25) is 0 Å². The summed E-state index contributed by atoms with van der Waals surface area (Å²) in [5.74, 6) is 2.58. The van der Waals surface area contributed by atoms with Gasteiger partial charge in [0.05, 0.1) is 12.6 Å². The Kier molecular flexibility index (Phi) is 4.79. The van der Waals surface area contributed by atoms with Gasteiger partial charge in [0.15, 0.2) is 0 Å². The van der Waals surface area contributed by atoms with Crippen LogP contribution in [0.25, 0.3) is 11.0 Å². The summed E-state index contributed by atoms with van der Waals surface area (Å²) in [6.07, 6.45) is 0.732. The molecule has 136 valence electrons. The molecule has 4 nitrogen and oxygen atoms in total. The van der Waals surface area contributed by atoms with Crippen molar-refractivity contribution in [3.05, 3.63) is 89.2 Å². The maximum Gasteiger partial charge on any atom is 0.147 e. The first-order valence-electron chi connectivity index (χ1n) is 9.01. The van der Waals surface area contributed by atoms with E-state index in [1.54, 1.807) is 7.11 Å². The fourth-order valence-electron chi connectivity index (χ4n) is 3.12. The Bertz CT molecular complexity index is 1040. The summed E-state index contributed by atoms with van der Waals surface area (Å²) < 4.78 is 11.3. The van der Waals surface area contributed by atoms with E-state index in [2.05, 4.69) is 42.2 Å². The molecule has 3 aromatic carbocycles. The highest BCUT2D eigenvalue weighted by molar-refractivity contribution is 5.84. The van der Waals surface area contributed by atoms with Crippen LogP contribution in [-0.4, -0.2) is 17.1 Å².